The van der Waals surface area contributed by atoms with E-state index in [4.69, 9.17) is 4.74 Å². The lowest BCUT2D eigenvalue weighted by molar-refractivity contribution is -0.101. The van der Waals surface area contributed by atoms with Crippen molar-refractivity contribution in [3.05, 3.63) is 34.9 Å². The van der Waals surface area contributed by atoms with Gasteiger partial charge >= 0.3 is 0 Å². The summed E-state index contributed by atoms with van der Waals surface area (Å²) in [6.07, 6.45) is 0. The van der Waals surface area contributed by atoms with Crippen molar-refractivity contribution in [1.29, 1.82) is 0 Å². The molecule has 2 nitrogen and oxygen atoms in total. The van der Waals surface area contributed by atoms with Crippen molar-refractivity contribution in [3.63, 3.8) is 0 Å². The number of aryl methyl sites for hydroxylation is 2. The van der Waals surface area contributed by atoms with Crippen molar-refractivity contribution in [2.75, 3.05) is 26.3 Å². The number of hydrogen-bond donors (Lipinski definition) is 1. The van der Waals surface area contributed by atoms with Crippen LogP contribution in [0.5, 0.6) is 0 Å². The summed E-state index contributed by atoms with van der Waals surface area (Å²) >= 11 is 0. The van der Waals surface area contributed by atoms with Gasteiger partial charge < -0.3 is 10.1 Å². The molecule has 3 rings (SSSR count). The summed E-state index contributed by atoms with van der Waals surface area (Å²) in [4.78, 5) is 0. The average Bonchev–Trinajstić information content (AvgIpc) is 2.12. The van der Waals surface area contributed by atoms with Gasteiger partial charge in [-0.15, -0.1) is 0 Å². The SMILES string of the molecule is Cc1ccc(C)c(C2(C3CNC3)COC2)c1. The zero-order valence-corrected chi connectivity index (χ0v) is 10.0. The predicted molar refractivity (Wildman–Crippen MR) is 64.8 cm³/mol. The lowest BCUT2D eigenvalue weighted by atomic mass is 9.65. The van der Waals surface area contributed by atoms with E-state index in [0.717, 1.165) is 32.2 Å². The van der Waals surface area contributed by atoms with E-state index in [1.165, 1.54) is 16.7 Å². The lowest BCUT2D eigenvalue weighted by Crippen LogP contribution is -2.62. The standard InChI is InChI=1S/C14H19NO/c1-10-3-4-11(2)13(5-10)14(8-16-9-14)12-6-15-7-12/h3-5,12,15H,6-9H2,1-2H3. The van der Waals surface area contributed by atoms with Gasteiger partial charge in [-0.25, -0.2) is 0 Å². The molecule has 1 aromatic carbocycles. The zero-order chi connectivity index (χ0) is 11.2. The van der Waals surface area contributed by atoms with Gasteiger partial charge in [-0.1, -0.05) is 23.8 Å². The molecule has 1 N–H and O–H groups in total. The first-order valence-electron chi connectivity index (χ1n) is 6.08. The Morgan fingerprint density at radius 3 is 2.50 bits per heavy atom. The number of nitrogens with one attached hydrogen (secondary N) is 1. The Bertz CT molecular complexity index is 405. The van der Waals surface area contributed by atoms with Crippen LogP contribution < -0.4 is 5.32 Å². The summed E-state index contributed by atoms with van der Waals surface area (Å²) in [6, 6.07) is 6.80. The maximum Gasteiger partial charge on any atom is 0.0589 e. The second-order valence-electron chi connectivity index (χ2n) is 5.32. The van der Waals surface area contributed by atoms with Crippen LogP contribution in [0.4, 0.5) is 0 Å². The summed E-state index contributed by atoms with van der Waals surface area (Å²) < 4.78 is 5.52. The Morgan fingerprint density at radius 2 is 2.00 bits per heavy atom. The normalized spacial score (nSPS) is 23.6. The van der Waals surface area contributed by atoms with Gasteiger partial charge in [0, 0.05) is 18.5 Å². The average molecular weight is 217 g/mol. The van der Waals surface area contributed by atoms with Crippen molar-refractivity contribution in [2.45, 2.75) is 19.3 Å². The molecule has 0 unspecified atom stereocenters. The van der Waals surface area contributed by atoms with Crippen LogP contribution >= 0.6 is 0 Å². The number of ether oxygens (including phenoxy) is 1. The highest BCUT2D eigenvalue weighted by Crippen LogP contribution is 2.42. The third-order valence-electron chi connectivity index (χ3n) is 4.21. The third-order valence-corrected chi connectivity index (χ3v) is 4.21. The van der Waals surface area contributed by atoms with Crippen LogP contribution in [0.15, 0.2) is 18.2 Å². The van der Waals surface area contributed by atoms with Crippen LogP contribution in [-0.4, -0.2) is 26.3 Å². The maximum atomic E-state index is 5.52. The molecule has 16 heavy (non-hydrogen) atoms. The quantitative estimate of drug-likeness (QED) is 0.815. The van der Waals surface area contributed by atoms with Crippen LogP contribution in [0.25, 0.3) is 0 Å². The van der Waals surface area contributed by atoms with E-state index in [-0.39, 0.29) is 0 Å². The summed E-state index contributed by atoms with van der Waals surface area (Å²) in [6.45, 7) is 8.51. The van der Waals surface area contributed by atoms with E-state index in [2.05, 4.69) is 37.4 Å². The molecule has 0 amide bonds. The highest BCUT2D eigenvalue weighted by molar-refractivity contribution is 5.39. The van der Waals surface area contributed by atoms with Crippen molar-refractivity contribution < 1.29 is 4.74 Å². The number of benzene rings is 1. The van der Waals surface area contributed by atoms with Gasteiger partial charge in [0.15, 0.2) is 0 Å². The first kappa shape index (κ1) is 10.3. The molecule has 0 saturated carbocycles. The molecule has 0 atom stereocenters. The van der Waals surface area contributed by atoms with Crippen LogP contribution in [0.3, 0.4) is 0 Å². The summed E-state index contributed by atoms with van der Waals surface area (Å²) in [5.41, 5.74) is 4.60. The molecule has 2 saturated heterocycles. The highest BCUT2D eigenvalue weighted by Gasteiger charge is 2.49. The van der Waals surface area contributed by atoms with Gasteiger partial charge in [-0.3, -0.25) is 0 Å². The van der Waals surface area contributed by atoms with Crippen molar-refractivity contribution >= 4 is 0 Å². The molecule has 0 bridgehead atoms. The Hall–Kier alpha value is -0.860. The highest BCUT2D eigenvalue weighted by atomic mass is 16.5. The molecule has 2 aliphatic heterocycles. The van der Waals surface area contributed by atoms with Crippen molar-refractivity contribution in [3.8, 4) is 0 Å². The van der Waals surface area contributed by atoms with Gasteiger partial charge in [0.05, 0.1) is 13.2 Å². The minimum Gasteiger partial charge on any atom is -0.379 e. The van der Waals surface area contributed by atoms with E-state index >= 15 is 0 Å². The molecule has 0 spiro atoms. The van der Waals surface area contributed by atoms with Crippen LogP contribution in [-0.2, 0) is 10.2 Å². The zero-order valence-electron chi connectivity index (χ0n) is 10.0. The Morgan fingerprint density at radius 1 is 1.25 bits per heavy atom. The second kappa shape index (κ2) is 3.57. The number of rotatable bonds is 2. The first-order valence-corrected chi connectivity index (χ1v) is 6.08. The predicted octanol–water partition coefficient (Wildman–Crippen LogP) is 1.79. The summed E-state index contributed by atoms with van der Waals surface area (Å²) in [5, 5.41) is 3.38. The second-order valence-corrected chi connectivity index (χ2v) is 5.32. The fourth-order valence-electron chi connectivity index (χ4n) is 2.88. The van der Waals surface area contributed by atoms with Gasteiger partial charge in [0.25, 0.3) is 0 Å². The molecular formula is C14H19NO. The molecule has 2 aliphatic rings. The fourth-order valence-corrected chi connectivity index (χ4v) is 2.88. The van der Waals surface area contributed by atoms with Crippen LogP contribution in [0.1, 0.15) is 16.7 Å². The van der Waals surface area contributed by atoms with E-state index < -0.39 is 0 Å². The Labute approximate surface area is 97.0 Å². The van der Waals surface area contributed by atoms with Crippen LogP contribution in [0.2, 0.25) is 0 Å². The summed E-state index contributed by atoms with van der Waals surface area (Å²) in [7, 11) is 0. The van der Waals surface area contributed by atoms with Gasteiger partial charge in [0.1, 0.15) is 0 Å². The number of hydrogen-bond acceptors (Lipinski definition) is 2. The molecule has 2 heteroatoms. The maximum absolute atomic E-state index is 5.52. The minimum atomic E-state index is 0.307. The first-order chi connectivity index (χ1) is 7.72. The van der Waals surface area contributed by atoms with Gasteiger partial charge in [0.2, 0.25) is 0 Å². The Balaban J connectivity index is 2.02. The van der Waals surface area contributed by atoms with Crippen molar-refractivity contribution in [1.82, 2.24) is 5.32 Å². The van der Waals surface area contributed by atoms with Crippen molar-refractivity contribution in [2.24, 2.45) is 5.92 Å². The molecule has 2 fully saturated rings. The van der Waals surface area contributed by atoms with Gasteiger partial charge in [-0.2, -0.15) is 0 Å². The third kappa shape index (κ3) is 1.33. The molecular weight excluding hydrogens is 198 g/mol. The Kier molecular flexibility index (Phi) is 2.30. The minimum absolute atomic E-state index is 0.307. The molecule has 86 valence electrons. The molecule has 0 radical (unpaired) electrons. The smallest absolute Gasteiger partial charge is 0.0589 e. The lowest BCUT2D eigenvalue weighted by Gasteiger charge is -2.52. The molecule has 1 aromatic rings. The van der Waals surface area contributed by atoms with Gasteiger partial charge in [-0.05, 0) is 30.9 Å². The van der Waals surface area contributed by atoms with E-state index in [1.54, 1.807) is 0 Å². The van der Waals surface area contributed by atoms with E-state index in [9.17, 15) is 0 Å². The van der Waals surface area contributed by atoms with Crippen LogP contribution in [0, 0.1) is 19.8 Å². The molecule has 0 aromatic heterocycles. The topological polar surface area (TPSA) is 21.3 Å². The summed E-state index contributed by atoms with van der Waals surface area (Å²) in [5.74, 6) is 0.766. The largest absolute Gasteiger partial charge is 0.379 e. The fraction of sp³-hybridized carbons (Fsp3) is 0.571. The monoisotopic (exact) mass is 217 g/mol. The molecule has 2 heterocycles. The van der Waals surface area contributed by atoms with E-state index in [1.807, 2.05) is 0 Å². The molecule has 0 aliphatic carbocycles. The van der Waals surface area contributed by atoms with E-state index in [0.29, 0.717) is 5.41 Å².